The van der Waals surface area contributed by atoms with Crippen LogP contribution in [0.25, 0.3) is 10.9 Å². The Labute approximate surface area is 136 Å². The zero-order valence-corrected chi connectivity index (χ0v) is 14.1. The molecular formula is C18H23N3O2. The fourth-order valence-electron chi connectivity index (χ4n) is 2.60. The number of carbonyl (C=O) groups excluding carboxylic acids is 2. The summed E-state index contributed by atoms with van der Waals surface area (Å²) in [5.41, 5.74) is 8.64. The lowest BCUT2D eigenvalue weighted by molar-refractivity contribution is -0.129. The van der Waals surface area contributed by atoms with Gasteiger partial charge in [0.2, 0.25) is 11.8 Å². The predicted octanol–water partition coefficient (Wildman–Crippen LogP) is 2.59. The van der Waals surface area contributed by atoms with Crippen molar-refractivity contribution in [3.63, 3.8) is 0 Å². The Balaban J connectivity index is 2.09. The fraction of sp³-hybridized carbons (Fsp3) is 0.389. The molecule has 0 atom stereocenters. The molecule has 122 valence electrons. The average molecular weight is 313 g/mol. The zero-order valence-electron chi connectivity index (χ0n) is 14.1. The highest BCUT2D eigenvalue weighted by molar-refractivity contribution is 5.87. The molecule has 2 N–H and O–H groups in total. The number of nitrogens with one attached hydrogen (secondary N) is 2. The molecule has 0 saturated heterocycles. The number of hydrazine groups is 1. The molecule has 23 heavy (non-hydrogen) atoms. The van der Waals surface area contributed by atoms with E-state index in [0.29, 0.717) is 6.42 Å². The summed E-state index contributed by atoms with van der Waals surface area (Å²) < 4.78 is 0. The van der Waals surface area contributed by atoms with Crippen molar-refractivity contribution in [2.75, 3.05) is 0 Å². The molecule has 2 amide bonds. The molecule has 0 unspecified atom stereocenters. The number of nitrogens with zero attached hydrogens (tertiary/aromatic N) is 1. The number of hydrogen-bond acceptors (Lipinski definition) is 3. The summed E-state index contributed by atoms with van der Waals surface area (Å²) in [6, 6.07) is 7.88. The largest absolute Gasteiger partial charge is 0.273 e. The van der Waals surface area contributed by atoms with Crippen LogP contribution in [-0.4, -0.2) is 16.8 Å². The van der Waals surface area contributed by atoms with Gasteiger partial charge in [-0.25, -0.2) is 0 Å². The van der Waals surface area contributed by atoms with Gasteiger partial charge in [-0.15, -0.1) is 0 Å². The number of pyridine rings is 1. The summed E-state index contributed by atoms with van der Waals surface area (Å²) in [4.78, 5) is 28.2. The maximum absolute atomic E-state index is 12.1. The standard InChI is InChI=1S/C18H23N3O2/c1-11(2)9-17(22)20-21-18(23)10-15-12(3)14-7-5-6-8-16(14)19-13(15)4/h5-8,11H,9-10H2,1-4H3,(H,20,22)(H,21,23). The molecule has 0 spiro atoms. The van der Waals surface area contributed by atoms with Gasteiger partial charge in [-0.3, -0.25) is 25.4 Å². The van der Waals surface area contributed by atoms with Crippen LogP contribution in [0.1, 0.15) is 37.1 Å². The van der Waals surface area contributed by atoms with Crippen LogP contribution in [0.5, 0.6) is 0 Å². The van der Waals surface area contributed by atoms with E-state index in [1.807, 2.05) is 52.0 Å². The second-order valence-electron chi connectivity index (χ2n) is 6.19. The molecule has 2 rings (SSSR count). The first-order valence-electron chi connectivity index (χ1n) is 7.81. The number of para-hydroxylation sites is 1. The third kappa shape index (κ3) is 4.28. The quantitative estimate of drug-likeness (QED) is 0.852. The van der Waals surface area contributed by atoms with Gasteiger partial charge < -0.3 is 0 Å². The second-order valence-corrected chi connectivity index (χ2v) is 6.19. The third-order valence-electron chi connectivity index (χ3n) is 3.76. The maximum Gasteiger partial charge on any atom is 0.242 e. The molecule has 2 aromatic rings. The molecule has 0 aliphatic rings. The summed E-state index contributed by atoms with van der Waals surface area (Å²) in [7, 11) is 0. The van der Waals surface area contributed by atoms with E-state index >= 15 is 0 Å². The number of hydrogen-bond donors (Lipinski definition) is 2. The van der Waals surface area contributed by atoms with Crippen LogP contribution in [0.4, 0.5) is 0 Å². The van der Waals surface area contributed by atoms with Gasteiger partial charge in [-0.05, 0) is 37.0 Å². The van der Waals surface area contributed by atoms with Crippen molar-refractivity contribution in [2.24, 2.45) is 5.92 Å². The minimum absolute atomic E-state index is 0.182. The Hall–Kier alpha value is -2.43. The van der Waals surface area contributed by atoms with E-state index in [4.69, 9.17) is 0 Å². The second kappa shape index (κ2) is 7.22. The van der Waals surface area contributed by atoms with Crippen LogP contribution < -0.4 is 10.9 Å². The highest BCUT2D eigenvalue weighted by Crippen LogP contribution is 2.22. The van der Waals surface area contributed by atoms with Crippen LogP contribution in [0, 0.1) is 19.8 Å². The Bertz CT molecular complexity index is 738. The van der Waals surface area contributed by atoms with Gasteiger partial charge in [0.25, 0.3) is 0 Å². The van der Waals surface area contributed by atoms with E-state index in [9.17, 15) is 9.59 Å². The van der Waals surface area contributed by atoms with Gasteiger partial charge in [-0.2, -0.15) is 0 Å². The number of benzene rings is 1. The molecule has 0 fully saturated rings. The van der Waals surface area contributed by atoms with Crippen LogP contribution in [0.15, 0.2) is 24.3 Å². The lowest BCUT2D eigenvalue weighted by Gasteiger charge is -2.13. The molecule has 5 heteroatoms. The predicted molar refractivity (Wildman–Crippen MR) is 90.7 cm³/mol. The Morgan fingerprint density at radius 1 is 1.09 bits per heavy atom. The van der Waals surface area contributed by atoms with E-state index in [1.165, 1.54) is 0 Å². The van der Waals surface area contributed by atoms with Crippen LogP contribution in [0.2, 0.25) is 0 Å². The first-order valence-corrected chi connectivity index (χ1v) is 7.81. The number of rotatable bonds is 4. The summed E-state index contributed by atoms with van der Waals surface area (Å²) in [5, 5.41) is 1.05. The van der Waals surface area contributed by atoms with Gasteiger partial charge in [0.1, 0.15) is 0 Å². The van der Waals surface area contributed by atoms with Gasteiger partial charge in [0, 0.05) is 17.5 Å². The van der Waals surface area contributed by atoms with E-state index in [-0.39, 0.29) is 24.2 Å². The van der Waals surface area contributed by atoms with Crippen molar-refractivity contribution in [1.29, 1.82) is 0 Å². The van der Waals surface area contributed by atoms with Crippen LogP contribution >= 0.6 is 0 Å². The van der Waals surface area contributed by atoms with Gasteiger partial charge in [-0.1, -0.05) is 32.0 Å². The minimum Gasteiger partial charge on any atom is -0.273 e. The molecule has 0 radical (unpaired) electrons. The third-order valence-corrected chi connectivity index (χ3v) is 3.76. The molecule has 0 saturated carbocycles. The monoisotopic (exact) mass is 313 g/mol. The number of carbonyl (C=O) groups is 2. The molecular weight excluding hydrogens is 290 g/mol. The minimum atomic E-state index is -0.245. The molecule has 1 heterocycles. The van der Waals surface area contributed by atoms with Crippen molar-refractivity contribution in [3.8, 4) is 0 Å². The summed E-state index contributed by atoms with van der Waals surface area (Å²) in [5.74, 6) is -0.176. The molecule has 5 nitrogen and oxygen atoms in total. The van der Waals surface area contributed by atoms with Gasteiger partial charge in [0.05, 0.1) is 11.9 Å². The highest BCUT2D eigenvalue weighted by atomic mass is 16.2. The van der Waals surface area contributed by atoms with Crippen molar-refractivity contribution in [2.45, 2.75) is 40.5 Å². The van der Waals surface area contributed by atoms with Crippen LogP contribution in [-0.2, 0) is 16.0 Å². The van der Waals surface area contributed by atoms with Crippen molar-refractivity contribution in [1.82, 2.24) is 15.8 Å². The first-order chi connectivity index (χ1) is 10.9. The SMILES string of the molecule is Cc1nc2ccccc2c(C)c1CC(=O)NNC(=O)CC(C)C. The summed E-state index contributed by atoms with van der Waals surface area (Å²) >= 11 is 0. The maximum atomic E-state index is 12.1. The van der Waals surface area contributed by atoms with E-state index < -0.39 is 0 Å². The number of amides is 2. The van der Waals surface area contributed by atoms with E-state index in [0.717, 1.165) is 27.7 Å². The summed E-state index contributed by atoms with van der Waals surface area (Å²) in [6.07, 6.45) is 0.577. The lowest BCUT2D eigenvalue weighted by Crippen LogP contribution is -2.42. The fourth-order valence-corrected chi connectivity index (χ4v) is 2.60. The molecule has 1 aromatic heterocycles. The van der Waals surface area contributed by atoms with Crippen LogP contribution in [0.3, 0.4) is 0 Å². The number of aromatic nitrogens is 1. The average Bonchev–Trinajstić information content (AvgIpc) is 2.49. The van der Waals surface area contributed by atoms with E-state index in [1.54, 1.807) is 0 Å². The zero-order chi connectivity index (χ0) is 17.0. The van der Waals surface area contributed by atoms with Gasteiger partial charge >= 0.3 is 0 Å². The van der Waals surface area contributed by atoms with Gasteiger partial charge in [0.15, 0.2) is 0 Å². The van der Waals surface area contributed by atoms with Crippen molar-refractivity contribution < 1.29 is 9.59 Å². The topological polar surface area (TPSA) is 71.1 Å². The smallest absolute Gasteiger partial charge is 0.242 e. The molecule has 1 aromatic carbocycles. The van der Waals surface area contributed by atoms with Crippen molar-refractivity contribution in [3.05, 3.63) is 41.1 Å². The molecule has 0 bridgehead atoms. The number of fused-ring (bicyclic) bond motifs is 1. The molecule has 0 aliphatic heterocycles. The first kappa shape index (κ1) is 16.9. The number of aryl methyl sites for hydroxylation is 2. The Morgan fingerprint density at radius 2 is 1.74 bits per heavy atom. The Kier molecular flexibility index (Phi) is 5.32. The lowest BCUT2D eigenvalue weighted by atomic mass is 9.99. The summed E-state index contributed by atoms with van der Waals surface area (Å²) in [6.45, 7) is 7.81. The highest BCUT2D eigenvalue weighted by Gasteiger charge is 2.13. The normalized spacial score (nSPS) is 10.8. The van der Waals surface area contributed by atoms with Crippen molar-refractivity contribution >= 4 is 22.7 Å². The Morgan fingerprint density at radius 3 is 2.43 bits per heavy atom. The van der Waals surface area contributed by atoms with E-state index in [2.05, 4.69) is 15.8 Å². The molecule has 0 aliphatic carbocycles.